The number of unbranched alkanes of at least 4 members (excludes halogenated alkanes) is 1. The first-order valence-corrected chi connectivity index (χ1v) is 6.36. The van der Waals surface area contributed by atoms with Crippen molar-refractivity contribution in [2.75, 3.05) is 6.54 Å². The molecule has 0 aromatic rings. The van der Waals surface area contributed by atoms with Crippen molar-refractivity contribution in [3.63, 3.8) is 0 Å². The van der Waals surface area contributed by atoms with Crippen LogP contribution < -0.4 is 11.1 Å². The Bertz CT molecular complexity index is 279. The van der Waals surface area contributed by atoms with Crippen molar-refractivity contribution >= 4 is 17.7 Å². The van der Waals surface area contributed by atoms with Gasteiger partial charge in [0.25, 0.3) is 0 Å². The Hall–Kier alpha value is -0.780. The number of hydrogen-bond donors (Lipinski definition) is 3. The fourth-order valence-electron chi connectivity index (χ4n) is 1.45. The van der Waals surface area contributed by atoms with Gasteiger partial charge in [-0.3, -0.25) is 10.1 Å². The van der Waals surface area contributed by atoms with Gasteiger partial charge in [-0.15, -0.1) is 11.8 Å². The van der Waals surface area contributed by atoms with Crippen LogP contribution in [0.15, 0.2) is 23.6 Å². The molecule has 0 fully saturated rings. The summed E-state index contributed by atoms with van der Waals surface area (Å²) in [5.74, 6) is -0.791. The van der Waals surface area contributed by atoms with Crippen molar-refractivity contribution < 1.29 is 9.90 Å². The minimum Gasteiger partial charge on any atom is -0.480 e. The number of carboxylic acid groups (broad SMARTS) is 1. The van der Waals surface area contributed by atoms with Crippen LogP contribution in [0.3, 0.4) is 0 Å². The van der Waals surface area contributed by atoms with Crippen molar-refractivity contribution in [3.05, 3.63) is 23.6 Å². The van der Waals surface area contributed by atoms with E-state index in [0.29, 0.717) is 13.0 Å². The third-order valence-corrected chi connectivity index (χ3v) is 3.21. The second-order valence-electron chi connectivity index (χ2n) is 3.61. The zero-order chi connectivity index (χ0) is 11.8. The summed E-state index contributed by atoms with van der Waals surface area (Å²) in [6.45, 7) is 0.618. The molecule has 1 unspecified atom stereocenters. The van der Waals surface area contributed by atoms with Crippen LogP contribution in [0.25, 0.3) is 0 Å². The van der Waals surface area contributed by atoms with Crippen LogP contribution >= 0.6 is 11.8 Å². The molecule has 0 saturated carbocycles. The molecule has 1 heterocycles. The number of carboxylic acids is 1. The maximum Gasteiger partial charge on any atom is 0.320 e. The van der Waals surface area contributed by atoms with E-state index in [9.17, 15) is 4.79 Å². The van der Waals surface area contributed by atoms with Gasteiger partial charge in [0.05, 0.1) is 5.37 Å². The van der Waals surface area contributed by atoms with Crippen molar-refractivity contribution in [1.29, 1.82) is 0 Å². The van der Waals surface area contributed by atoms with Gasteiger partial charge in [-0.1, -0.05) is 24.6 Å². The molecule has 0 aliphatic carbocycles. The van der Waals surface area contributed by atoms with Gasteiger partial charge in [-0.25, -0.2) is 0 Å². The molecule has 0 amide bonds. The van der Waals surface area contributed by atoms with Crippen LogP contribution in [0.4, 0.5) is 0 Å². The van der Waals surface area contributed by atoms with E-state index in [1.54, 1.807) is 11.8 Å². The van der Waals surface area contributed by atoms with Crippen LogP contribution in [-0.4, -0.2) is 29.0 Å². The van der Waals surface area contributed by atoms with E-state index in [2.05, 4.69) is 5.32 Å². The Morgan fingerprint density at radius 1 is 1.50 bits per heavy atom. The van der Waals surface area contributed by atoms with Crippen LogP contribution in [-0.2, 0) is 4.79 Å². The summed E-state index contributed by atoms with van der Waals surface area (Å²) in [4.78, 5) is 11.0. The smallest absolute Gasteiger partial charge is 0.320 e. The third-order valence-electron chi connectivity index (χ3n) is 2.31. The maximum atomic E-state index is 11.0. The van der Waals surface area contributed by atoms with Crippen molar-refractivity contribution in [2.24, 2.45) is 5.73 Å². The van der Waals surface area contributed by atoms with Crippen molar-refractivity contribution in [1.82, 2.24) is 5.32 Å². The normalized spacial score (nSPS) is 20.9. The first kappa shape index (κ1) is 13.3. The highest BCUT2D eigenvalue weighted by molar-refractivity contribution is 8.02. The maximum absolute atomic E-state index is 11.0. The number of rotatable bonds is 7. The molecule has 2 atom stereocenters. The molecule has 0 aromatic heterocycles. The summed E-state index contributed by atoms with van der Waals surface area (Å²) in [5, 5.41) is 14.2. The first-order valence-electron chi connectivity index (χ1n) is 5.41. The summed E-state index contributed by atoms with van der Waals surface area (Å²) in [6, 6.07) is -0.486. The summed E-state index contributed by atoms with van der Waals surface area (Å²) in [5.41, 5.74) is 5.38. The van der Waals surface area contributed by atoms with E-state index >= 15 is 0 Å². The van der Waals surface area contributed by atoms with Crippen LogP contribution in [0.1, 0.15) is 19.3 Å². The molecule has 1 aliphatic rings. The predicted octanol–water partition coefficient (Wildman–Crippen LogP) is 1.30. The molecule has 0 saturated heterocycles. The van der Waals surface area contributed by atoms with Gasteiger partial charge in [-0.05, 0) is 24.8 Å². The number of nitrogens with one attached hydrogen (secondary N) is 1. The Kier molecular flexibility index (Phi) is 6.22. The predicted molar refractivity (Wildman–Crippen MR) is 67.1 cm³/mol. The zero-order valence-corrected chi connectivity index (χ0v) is 9.95. The third kappa shape index (κ3) is 4.83. The summed E-state index contributed by atoms with van der Waals surface area (Å²) in [7, 11) is 0. The second kappa shape index (κ2) is 7.49. The van der Waals surface area contributed by atoms with Crippen molar-refractivity contribution in [3.8, 4) is 0 Å². The zero-order valence-electron chi connectivity index (χ0n) is 9.13. The summed E-state index contributed by atoms with van der Waals surface area (Å²) < 4.78 is 0. The van der Waals surface area contributed by atoms with Gasteiger partial charge in [0.1, 0.15) is 6.04 Å². The van der Waals surface area contributed by atoms with Gasteiger partial charge in [0.2, 0.25) is 0 Å². The van der Waals surface area contributed by atoms with Crippen molar-refractivity contribution in [2.45, 2.75) is 30.7 Å². The second-order valence-corrected chi connectivity index (χ2v) is 4.66. The number of thioether (sulfide) groups is 1. The van der Waals surface area contributed by atoms with Gasteiger partial charge in [-0.2, -0.15) is 0 Å². The molecule has 0 aromatic carbocycles. The number of carbonyl (C=O) groups is 1. The molecule has 16 heavy (non-hydrogen) atoms. The fourth-order valence-corrected chi connectivity index (χ4v) is 2.22. The molecule has 0 spiro atoms. The molecule has 90 valence electrons. The van der Waals surface area contributed by atoms with E-state index in [4.69, 9.17) is 10.8 Å². The van der Waals surface area contributed by atoms with Crippen LogP contribution in [0, 0.1) is 0 Å². The number of nitrogens with two attached hydrogens (primary N) is 1. The Labute approximate surface area is 100.0 Å². The minimum atomic E-state index is -0.791. The van der Waals surface area contributed by atoms with Gasteiger partial charge in [0.15, 0.2) is 0 Å². The molecule has 4 nitrogen and oxygen atoms in total. The average Bonchev–Trinajstić information content (AvgIpc) is 2.29. The minimum absolute atomic E-state index is 0.0592. The lowest BCUT2D eigenvalue weighted by Crippen LogP contribution is -2.41. The number of hydrogen-bond acceptors (Lipinski definition) is 4. The van der Waals surface area contributed by atoms with Gasteiger partial charge in [0, 0.05) is 0 Å². The summed E-state index contributed by atoms with van der Waals surface area (Å²) >= 11 is 1.58. The van der Waals surface area contributed by atoms with E-state index in [1.807, 2.05) is 23.6 Å². The van der Waals surface area contributed by atoms with Gasteiger partial charge >= 0.3 is 5.97 Å². The molecular weight excluding hydrogens is 224 g/mol. The van der Waals surface area contributed by atoms with E-state index in [0.717, 1.165) is 12.8 Å². The average molecular weight is 242 g/mol. The monoisotopic (exact) mass is 242 g/mol. The highest BCUT2D eigenvalue weighted by Gasteiger charge is 2.19. The first-order chi connectivity index (χ1) is 7.74. The lowest BCUT2D eigenvalue weighted by Gasteiger charge is -2.20. The van der Waals surface area contributed by atoms with Gasteiger partial charge < -0.3 is 10.8 Å². The van der Waals surface area contributed by atoms with E-state index in [-0.39, 0.29) is 5.37 Å². The Morgan fingerprint density at radius 2 is 2.31 bits per heavy atom. The molecule has 0 bridgehead atoms. The van der Waals surface area contributed by atoms with E-state index in [1.165, 1.54) is 0 Å². The number of aliphatic carboxylic acids is 1. The Balaban J connectivity index is 2.35. The molecule has 0 radical (unpaired) electrons. The molecule has 5 heteroatoms. The molecule has 1 rings (SSSR count). The summed E-state index contributed by atoms with van der Waals surface area (Å²) in [6.07, 6.45) is 8.17. The van der Waals surface area contributed by atoms with E-state index < -0.39 is 12.0 Å². The topological polar surface area (TPSA) is 75.3 Å². The highest BCUT2D eigenvalue weighted by atomic mass is 32.2. The fraction of sp³-hybridized carbons (Fsp3) is 0.545. The molecular formula is C11H18N2O2S. The quantitative estimate of drug-likeness (QED) is 0.587. The lowest BCUT2D eigenvalue weighted by atomic mass is 10.1. The van der Waals surface area contributed by atoms with Crippen LogP contribution in [0.2, 0.25) is 0 Å². The molecule has 4 N–H and O–H groups in total. The standard InChI is InChI=1S/C11H18N2O2S/c12-7-3-1-5-9(11(14)15)13-10-6-2-4-8-16-10/h2,4,6,8-10,13H,1,3,5,7,12H2,(H,14,15)/t9-,10?/m0/s1. The lowest BCUT2D eigenvalue weighted by molar-refractivity contribution is -0.139. The highest BCUT2D eigenvalue weighted by Crippen LogP contribution is 2.17. The Morgan fingerprint density at radius 3 is 2.88 bits per heavy atom. The number of allylic oxidation sites excluding steroid dienone is 2. The SMILES string of the molecule is NCCCC[C@H](NC1C=CC=CS1)C(=O)O. The van der Waals surface area contributed by atoms with Crippen LogP contribution in [0.5, 0.6) is 0 Å². The largest absolute Gasteiger partial charge is 0.480 e. The molecule has 1 aliphatic heterocycles.